The first kappa shape index (κ1) is 18.6. The van der Waals surface area contributed by atoms with Crippen LogP contribution in [-0.2, 0) is 21.2 Å². The molecule has 0 aromatic heterocycles. The predicted molar refractivity (Wildman–Crippen MR) is 96.0 cm³/mol. The molecule has 1 amide bonds. The van der Waals surface area contributed by atoms with E-state index < -0.39 is 22.5 Å². The van der Waals surface area contributed by atoms with Crippen molar-refractivity contribution in [2.24, 2.45) is 5.73 Å². The highest BCUT2D eigenvalue weighted by Crippen LogP contribution is 2.30. The van der Waals surface area contributed by atoms with Gasteiger partial charge >= 0.3 is 0 Å². The van der Waals surface area contributed by atoms with Crippen molar-refractivity contribution in [1.82, 2.24) is 0 Å². The summed E-state index contributed by atoms with van der Waals surface area (Å²) in [7, 11) is -4.11. The number of nitrogens with two attached hydrogens (primary N) is 1. The van der Waals surface area contributed by atoms with Gasteiger partial charge in [0.15, 0.2) is 0 Å². The Morgan fingerprint density at radius 3 is 2.29 bits per heavy atom. The number of nitrogens with zero attached hydrogens (tertiary/aromatic N) is 1. The lowest BCUT2D eigenvalue weighted by Crippen LogP contribution is -2.38. The van der Waals surface area contributed by atoms with Gasteiger partial charge in [-0.1, -0.05) is 42.3 Å². The van der Waals surface area contributed by atoms with Crippen molar-refractivity contribution in [3.8, 4) is 0 Å². The summed E-state index contributed by atoms with van der Waals surface area (Å²) in [5.41, 5.74) is 6.58. The Kier molecular flexibility index (Phi) is 5.74. The number of carbonyl (C=O) groups is 1. The van der Waals surface area contributed by atoms with E-state index >= 15 is 0 Å². The Labute approximate surface area is 151 Å². The molecule has 0 heterocycles. The molecular weight excluding hydrogens is 371 g/mol. The molecule has 0 spiro atoms. The van der Waals surface area contributed by atoms with Crippen LogP contribution in [0.4, 0.5) is 5.69 Å². The summed E-state index contributed by atoms with van der Waals surface area (Å²) in [6, 6.07) is 10.9. The largest absolute Gasteiger partial charge is 0.368 e. The quantitative estimate of drug-likeness (QED) is 0.826. The zero-order chi connectivity index (χ0) is 17.9. The van der Waals surface area contributed by atoms with Gasteiger partial charge in [0.05, 0.1) is 10.7 Å². The first-order chi connectivity index (χ1) is 11.3. The molecule has 2 N–H and O–H groups in total. The number of halogens is 2. The maximum Gasteiger partial charge on any atom is 0.266 e. The third-order valence-electron chi connectivity index (χ3n) is 3.39. The maximum atomic E-state index is 13.0. The summed E-state index contributed by atoms with van der Waals surface area (Å²) >= 11 is 11.9. The Morgan fingerprint density at radius 2 is 1.75 bits per heavy atom. The van der Waals surface area contributed by atoms with E-state index in [1.54, 1.807) is 24.3 Å². The Morgan fingerprint density at radius 1 is 1.12 bits per heavy atom. The minimum Gasteiger partial charge on any atom is -0.368 e. The number of rotatable bonds is 6. The lowest BCUT2D eigenvalue weighted by Gasteiger charge is -2.24. The Bertz CT molecular complexity index is 852. The molecule has 8 heteroatoms. The molecule has 128 valence electrons. The third kappa shape index (κ3) is 4.01. The molecular formula is C16H16Cl2N2O3S. The number of hydrogen-bond donors (Lipinski definition) is 1. The van der Waals surface area contributed by atoms with Crippen molar-refractivity contribution in [3.63, 3.8) is 0 Å². The summed E-state index contributed by atoms with van der Waals surface area (Å²) in [6.07, 6.45) is 0.809. The van der Waals surface area contributed by atoms with E-state index in [0.29, 0.717) is 5.69 Å². The van der Waals surface area contributed by atoms with E-state index in [1.807, 2.05) is 6.92 Å². The van der Waals surface area contributed by atoms with Crippen LogP contribution in [0.2, 0.25) is 10.0 Å². The van der Waals surface area contributed by atoms with Gasteiger partial charge in [0.2, 0.25) is 5.91 Å². The average Bonchev–Trinajstić information content (AvgIpc) is 2.54. The molecule has 0 aliphatic heterocycles. The highest BCUT2D eigenvalue weighted by molar-refractivity contribution is 7.93. The molecule has 2 rings (SSSR count). The van der Waals surface area contributed by atoms with E-state index in [2.05, 4.69) is 0 Å². The van der Waals surface area contributed by atoms with Crippen LogP contribution >= 0.6 is 23.2 Å². The third-order valence-corrected chi connectivity index (χ3v) is 5.88. The van der Waals surface area contributed by atoms with Crippen LogP contribution in [-0.4, -0.2) is 20.9 Å². The molecule has 0 bridgehead atoms. The second-order valence-corrected chi connectivity index (χ2v) is 7.75. The molecule has 0 aliphatic carbocycles. The molecule has 0 saturated carbocycles. The molecule has 0 saturated heterocycles. The fourth-order valence-electron chi connectivity index (χ4n) is 2.15. The fourth-order valence-corrected chi connectivity index (χ4v) is 4.32. The van der Waals surface area contributed by atoms with Crippen molar-refractivity contribution < 1.29 is 13.2 Å². The molecule has 0 fully saturated rings. The van der Waals surface area contributed by atoms with Crippen LogP contribution < -0.4 is 10.0 Å². The van der Waals surface area contributed by atoms with Gasteiger partial charge in [-0.05, 0) is 42.3 Å². The second kappa shape index (κ2) is 7.42. The molecule has 0 aliphatic rings. The van der Waals surface area contributed by atoms with Gasteiger partial charge in [-0.15, -0.1) is 0 Å². The monoisotopic (exact) mass is 386 g/mol. The molecule has 5 nitrogen and oxygen atoms in total. The van der Waals surface area contributed by atoms with Gasteiger partial charge in [-0.25, -0.2) is 8.42 Å². The number of carbonyl (C=O) groups excluding carboxylic acids is 1. The van der Waals surface area contributed by atoms with E-state index in [1.165, 1.54) is 18.2 Å². The number of benzene rings is 2. The zero-order valence-corrected chi connectivity index (χ0v) is 15.2. The molecule has 24 heavy (non-hydrogen) atoms. The number of hydrogen-bond acceptors (Lipinski definition) is 3. The number of amides is 1. The van der Waals surface area contributed by atoms with E-state index in [-0.39, 0.29) is 14.9 Å². The summed E-state index contributed by atoms with van der Waals surface area (Å²) in [6.45, 7) is 1.48. The van der Waals surface area contributed by atoms with Crippen molar-refractivity contribution in [2.45, 2.75) is 18.2 Å². The average molecular weight is 387 g/mol. The lowest BCUT2D eigenvalue weighted by atomic mass is 10.1. The summed E-state index contributed by atoms with van der Waals surface area (Å²) < 4.78 is 26.9. The normalized spacial score (nSPS) is 11.3. The Hall–Kier alpha value is -1.76. The van der Waals surface area contributed by atoms with Crippen LogP contribution in [0.15, 0.2) is 47.4 Å². The fraction of sp³-hybridized carbons (Fsp3) is 0.188. The lowest BCUT2D eigenvalue weighted by molar-refractivity contribution is -0.116. The van der Waals surface area contributed by atoms with Crippen LogP contribution in [0, 0.1) is 0 Å². The number of aryl methyl sites for hydroxylation is 1. The second-order valence-electron chi connectivity index (χ2n) is 5.07. The molecule has 2 aromatic carbocycles. The van der Waals surface area contributed by atoms with Crippen molar-refractivity contribution >= 4 is 44.8 Å². The van der Waals surface area contributed by atoms with Crippen molar-refractivity contribution in [1.29, 1.82) is 0 Å². The number of primary amides is 1. The smallest absolute Gasteiger partial charge is 0.266 e. The first-order valence-corrected chi connectivity index (χ1v) is 9.30. The molecule has 2 aromatic rings. The van der Waals surface area contributed by atoms with Gasteiger partial charge in [0.1, 0.15) is 11.4 Å². The highest BCUT2D eigenvalue weighted by Gasteiger charge is 2.28. The van der Waals surface area contributed by atoms with Crippen LogP contribution in [0.5, 0.6) is 0 Å². The predicted octanol–water partition coefficient (Wildman–Crippen LogP) is 3.24. The summed E-state index contributed by atoms with van der Waals surface area (Å²) in [4.78, 5) is 11.2. The van der Waals surface area contributed by atoms with Crippen molar-refractivity contribution in [3.05, 3.63) is 58.1 Å². The van der Waals surface area contributed by atoms with Gasteiger partial charge < -0.3 is 5.73 Å². The zero-order valence-electron chi connectivity index (χ0n) is 12.9. The Balaban J connectivity index is 2.57. The van der Waals surface area contributed by atoms with Crippen LogP contribution in [0.3, 0.4) is 0 Å². The topological polar surface area (TPSA) is 80.5 Å². The van der Waals surface area contributed by atoms with Gasteiger partial charge in [-0.3, -0.25) is 9.10 Å². The maximum absolute atomic E-state index is 13.0. The van der Waals surface area contributed by atoms with E-state index in [4.69, 9.17) is 28.9 Å². The summed E-state index contributed by atoms with van der Waals surface area (Å²) in [5, 5.41) is 0.234. The molecule has 0 atom stereocenters. The van der Waals surface area contributed by atoms with E-state index in [0.717, 1.165) is 16.3 Å². The molecule has 0 unspecified atom stereocenters. The first-order valence-electron chi connectivity index (χ1n) is 7.10. The minimum atomic E-state index is -4.11. The number of sulfonamides is 1. The molecule has 0 radical (unpaired) electrons. The van der Waals surface area contributed by atoms with Gasteiger partial charge in [-0.2, -0.15) is 0 Å². The SMILES string of the molecule is CCc1ccc(N(CC(N)=O)S(=O)(=O)c2cc(Cl)ccc2Cl)cc1. The van der Waals surface area contributed by atoms with E-state index in [9.17, 15) is 13.2 Å². The van der Waals surface area contributed by atoms with Crippen LogP contribution in [0.1, 0.15) is 12.5 Å². The standard InChI is InChI=1S/C16H16Cl2N2O3S/c1-2-11-3-6-13(7-4-11)20(10-16(19)21)24(22,23)15-9-12(17)5-8-14(15)18/h3-9H,2,10H2,1H3,(H2,19,21). The van der Waals surface area contributed by atoms with Gasteiger partial charge in [0, 0.05) is 5.02 Å². The highest BCUT2D eigenvalue weighted by atomic mass is 35.5. The van der Waals surface area contributed by atoms with Gasteiger partial charge in [0.25, 0.3) is 10.0 Å². The number of anilines is 1. The van der Waals surface area contributed by atoms with Crippen molar-refractivity contribution in [2.75, 3.05) is 10.8 Å². The summed E-state index contributed by atoms with van der Waals surface area (Å²) in [5.74, 6) is -0.781. The minimum absolute atomic E-state index is 0.0130. The van der Waals surface area contributed by atoms with Crippen LogP contribution in [0.25, 0.3) is 0 Å².